The van der Waals surface area contributed by atoms with Crippen molar-refractivity contribution in [3.05, 3.63) is 23.8 Å². The van der Waals surface area contributed by atoms with Crippen LogP contribution in [-0.4, -0.2) is 59.6 Å². The maximum absolute atomic E-state index is 12.5. The first-order chi connectivity index (χ1) is 15.4. The summed E-state index contributed by atoms with van der Waals surface area (Å²) in [4.78, 5) is 36.1. The minimum atomic E-state index is -1.06. The Hall–Kier alpha value is -2.19. The van der Waals surface area contributed by atoms with Crippen LogP contribution in [0.1, 0.15) is 54.4 Å². The van der Waals surface area contributed by atoms with Crippen LogP contribution in [-0.2, 0) is 33.3 Å². The van der Waals surface area contributed by atoms with E-state index in [4.69, 9.17) is 18.9 Å². The lowest BCUT2D eigenvalue weighted by molar-refractivity contribution is -0.166. The first-order valence-corrected chi connectivity index (χ1v) is 11.6. The Morgan fingerprint density at radius 2 is 1.88 bits per heavy atom. The Kier molecular flexibility index (Phi) is 7.39. The van der Waals surface area contributed by atoms with Gasteiger partial charge in [-0.05, 0) is 51.0 Å². The fraction of sp³-hybridized carbons (Fsp3) is 0.720. The lowest BCUT2D eigenvalue weighted by Crippen LogP contribution is -2.55. The molecule has 1 aliphatic heterocycles. The van der Waals surface area contributed by atoms with Crippen molar-refractivity contribution < 1.29 is 38.4 Å². The number of carbonyl (C=O) groups excluding carboxylic acids is 3. The zero-order valence-corrected chi connectivity index (χ0v) is 20.3. The van der Waals surface area contributed by atoms with Crippen LogP contribution >= 0.6 is 0 Å². The second kappa shape index (κ2) is 9.58. The summed E-state index contributed by atoms with van der Waals surface area (Å²) in [5, 5.41) is 11.5. The molecule has 0 unspecified atom stereocenters. The molecule has 33 heavy (non-hydrogen) atoms. The number of hydrogen-bond acceptors (Lipinski definition) is 8. The molecular formula is C25H36O8. The first kappa shape index (κ1) is 25.4. The summed E-state index contributed by atoms with van der Waals surface area (Å²) in [6, 6.07) is 0. The van der Waals surface area contributed by atoms with Crippen molar-refractivity contribution in [1.82, 2.24) is 0 Å². The van der Waals surface area contributed by atoms with Gasteiger partial charge in [-0.2, -0.15) is 0 Å². The van der Waals surface area contributed by atoms with Crippen LogP contribution in [0.15, 0.2) is 23.8 Å². The molecule has 184 valence electrons. The van der Waals surface area contributed by atoms with Crippen molar-refractivity contribution in [3.63, 3.8) is 0 Å². The van der Waals surface area contributed by atoms with Crippen LogP contribution in [0.4, 0.5) is 0 Å². The molecule has 8 heteroatoms. The molecule has 9 atom stereocenters. The van der Waals surface area contributed by atoms with Gasteiger partial charge in [0.05, 0.1) is 12.2 Å². The molecular weight excluding hydrogens is 428 g/mol. The third-order valence-corrected chi connectivity index (χ3v) is 7.44. The molecule has 3 fully saturated rings. The molecule has 0 aromatic heterocycles. The molecule has 0 amide bonds. The van der Waals surface area contributed by atoms with E-state index in [2.05, 4.69) is 6.58 Å². The predicted molar refractivity (Wildman–Crippen MR) is 119 cm³/mol. The molecule has 2 aliphatic carbocycles. The van der Waals surface area contributed by atoms with Crippen LogP contribution in [0.2, 0.25) is 0 Å². The minimum Gasteiger partial charge on any atom is -0.462 e. The van der Waals surface area contributed by atoms with Gasteiger partial charge in [0.1, 0.15) is 24.4 Å². The van der Waals surface area contributed by atoms with Crippen LogP contribution in [0.25, 0.3) is 0 Å². The Morgan fingerprint density at radius 1 is 1.24 bits per heavy atom. The van der Waals surface area contributed by atoms with Gasteiger partial charge in [-0.1, -0.05) is 19.1 Å². The lowest BCUT2D eigenvalue weighted by atomic mass is 9.61. The van der Waals surface area contributed by atoms with Crippen molar-refractivity contribution in [1.29, 1.82) is 0 Å². The topological polar surface area (TPSA) is 112 Å². The molecule has 1 heterocycles. The van der Waals surface area contributed by atoms with Crippen molar-refractivity contribution in [2.24, 2.45) is 23.7 Å². The normalized spacial score (nSPS) is 38.8. The van der Waals surface area contributed by atoms with Gasteiger partial charge in [-0.25, -0.2) is 4.79 Å². The monoisotopic (exact) mass is 464 g/mol. The van der Waals surface area contributed by atoms with Gasteiger partial charge >= 0.3 is 17.9 Å². The summed E-state index contributed by atoms with van der Waals surface area (Å²) in [7, 11) is 0. The summed E-state index contributed by atoms with van der Waals surface area (Å²) in [6.45, 7) is 14.8. The standard InChI is InChI=1S/C25H36O8/c1-8-12(2)9-19(28)33-24-13(3)17-10-18(32-16(6)27)20(14(4)31-15(5)26)21(17)22(23(24)29)25(7)11-30-25/h9,14,17-18,20-24,29H,3,8,10-11H2,1-2,4-7H3/b12-9+/t14-,17+,18+,20+,21+,22+,23-,24+,25-/m1/s1. The Labute approximate surface area is 195 Å². The maximum atomic E-state index is 12.5. The number of hydrogen-bond donors (Lipinski definition) is 1. The number of aliphatic hydroxyl groups is 1. The quantitative estimate of drug-likeness (QED) is 0.201. The third-order valence-electron chi connectivity index (χ3n) is 7.44. The highest BCUT2D eigenvalue weighted by Crippen LogP contribution is 2.59. The van der Waals surface area contributed by atoms with Gasteiger partial charge in [0.2, 0.25) is 0 Å². The van der Waals surface area contributed by atoms with Crippen molar-refractivity contribution >= 4 is 17.9 Å². The lowest BCUT2D eigenvalue weighted by Gasteiger charge is -2.47. The second-order valence-corrected chi connectivity index (χ2v) is 9.85. The fourth-order valence-corrected chi connectivity index (χ4v) is 5.79. The van der Waals surface area contributed by atoms with Gasteiger partial charge in [0.15, 0.2) is 0 Å². The fourth-order valence-electron chi connectivity index (χ4n) is 5.79. The van der Waals surface area contributed by atoms with Crippen LogP contribution in [0.3, 0.4) is 0 Å². The Morgan fingerprint density at radius 3 is 2.39 bits per heavy atom. The smallest absolute Gasteiger partial charge is 0.331 e. The van der Waals surface area contributed by atoms with Crippen molar-refractivity contribution in [3.8, 4) is 0 Å². The SMILES string of the molecule is C=C1[C@@H]2C[C@H](OC(C)=O)[C@H]([C@@H](C)OC(C)=O)[C@H]2[C@H]([C@@]2(C)CO2)[C@@H](O)[C@H]1OC(=O)/C=C(\C)CC. The van der Waals surface area contributed by atoms with E-state index in [1.807, 2.05) is 20.8 Å². The molecule has 0 aromatic rings. The summed E-state index contributed by atoms with van der Waals surface area (Å²) >= 11 is 0. The number of rotatable bonds is 7. The zero-order valence-electron chi connectivity index (χ0n) is 20.3. The van der Waals surface area contributed by atoms with Crippen LogP contribution in [0, 0.1) is 23.7 Å². The van der Waals surface area contributed by atoms with Crippen molar-refractivity contribution in [2.45, 2.75) is 84.4 Å². The van der Waals surface area contributed by atoms with Crippen LogP contribution < -0.4 is 0 Å². The molecule has 2 saturated carbocycles. The molecule has 3 aliphatic rings. The van der Waals surface area contributed by atoms with E-state index in [0.717, 1.165) is 5.57 Å². The van der Waals surface area contributed by atoms with Crippen molar-refractivity contribution in [2.75, 3.05) is 6.61 Å². The zero-order chi connectivity index (χ0) is 24.7. The van der Waals surface area contributed by atoms with Gasteiger partial charge < -0.3 is 24.1 Å². The number of aliphatic hydroxyl groups excluding tert-OH is 1. The van der Waals surface area contributed by atoms with E-state index in [0.29, 0.717) is 25.0 Å². The molecule has 0 aromatic carbocycles. The number of fused-ring (bicyclic) bond motifs is 1. The van der Waals surface area contributed by atoms with E-state index in [-0.39, 0.29) is 17.8 Å². The summed E-state index contributed by atoms with van der Waals surface area (Å²) < 4.78 is 22.6. The summed E-state index contributed by atoms with van der Waals surface area (Å²) in [5.41, 5.74) is 0.829. The Bertz CT molecular complexity index is 841. The molecule has 0 radical (unpaired) electrons. The molecule has 1 N–H and O–H groups in total. The number of esters is 3. The van der Waals surface area contributed by atoms with E-state index < -0.39 is 53.8 Å². The summed E-state index contributed by atoms with van der Waals surface area (Å²) in [6.07, 6.45) is -0.477. The second-order valence-electron chi connectivity index (χ2n) is 9.85. The Balaban J connectivity index is 1.98. The number of carbonyl (C=O) groups is 3. The van der Waals surface area contributed by atoms with E-state index in [1.54, 1.807) is 6.92 Å². The number of ether oxygens (including phenoxy) is 4. The first-order valence-electron chi connectivity index (χ1n) is 11.6. The average Bonchev–Trinajstić information content (AvgIpc) is 3.33. The third kappa shape index (κ3) is 5.17. The van der Waals surface area contributed by atoms with Gasteiger partial charge in [-0.15, -0.1) is 0 Å². The average molecular weight is 465 g/mol. The molecule has 0 spiro atoms. The molecule has 1 saturated heterocycles. The molecule has 0 bridgehead atoms. The van der Waals surface area contributed by atoms with E-state index in [1.165, 1.54) is 19.9 Å². The molecule has 3 rings (SSSR count). The maximum Gasteiger partial charge on any atom is 0.331 e. The van der Waals surface area contributed by atoms with E-state index >= 15 is 0 Å². The highest BCUT2D eigenvalue weighted by atomic mass is 16.6. The minimum absolute atomic E-state index is 0.208. The number of epoxide rings is 1. The highest BCUT2D eigenvalue weighted by Gasteiger charge is 2.66. The predicted octanol–water partition coefficient (Wildman–Crippen LogP) is 2.73. The van der Waals surface area contributed by atoms with E-state index in [9.17, 15) is 19.5 Å². The van der Waals surface area contributed by atoms with Gasteiger partial charge in [-0.3, -0.25) is 9.59 Å². The molecule has 8 nitrogen and oxygen atoms in total. The van der Waals surface area contributed by atoms with Crippen LogP contribution in [0.5, 0.6) is 0 Å². The number of allylic oxidation sites excluding steroid dienone is 1. The van der Waals surface area contributed by atoms with Gasteiger partial charge in [0.25, 0.3) is 0 Å². The highest BCUT2D eigenvalue weighted by molar-refractivity contribution is 5.83. The van der Waals surface area contributed by atoms with Gasteiger partial charge in [0, 0.05) is 31.8 Å². The summed E-state index contributed by atoms with van der Waals surface area (Å²) in [5.74, 6) is -2.62. The largest absolute Gasteiger partial charge is 0.462 e.